The molecule has 0 radical (unpaired) electrons. The zero-order chi connectivity index (χ0) is 14.2. The summed E-state index contributed by atoms with van der Waals surface area (Å²) in [5, 5.41) is 9.26. The Morgan fingerprint density at radius 2 is 1.89 bits per heavy atom. The van der Waals surface area contributed by atoms with Crippen molar-refractivity contribution in [2.75, 3.05) is 13.1 Å². The van der Waals surface area contributed by atoms with Crippen molar-refractivity contribution in [1.29, 1.82) is 0 Å². The lowest BCUT2D eigenvalue weighted by molar-refractivity contribution is -0.145. The first-order chi connectivity index (χ1) is 8.76. The molecule has 3 unspecified atom stereocenters. The molecular weight excluding hydrogens is 246 g/mol. The summed E-state index contributed by atoms with van der Waals surface area (Å²) >= 11 is 0. The molecule has 1 saturated carbocycles. The van der Waals surface area contributed by atoms with Gasteiger partial charge in [0.1, 0.15) is 5.60 Å². The number of aliphatic carboxylic acids is 1. The second-order valence-corrected chi connectivity index (χ2v) is 6.77. The lowest BCUT2D eigenvalue weighted by atomic mass is 9.76. The molecule has 0 aromatic rings. The van der Waals surface area contributed by atoms with Gasteiger partial charge < -0.3 is 14.7 Å². The molecule has 3 atom stereocenters. The lowest BCUT2D eigenvalue weighted by Crippen LogP contribution is -2.39. The number of hydrogen-bond donors (Lipinski definition) is 1. The SMILES string of the molecule is CC(C)(C)OC(=O)N1CC2CCC(C1)C(C(=O)O)C2. The molecule has 0 aromatic carbocycles. The maximum atomic E-state index is 12.1. The maximum absolute atomic E-state index is 12.1. The number of nitrogens with zero attached hydrogens (tertiary/aromatic N) is 1. The number of hydrogen-bond acceptors (Lipinski definition) is 3. The van der Waals surface area contributed by atoms with Gasteiger partial charge in [-0.3, -0.25) is 4.79 Å². The van der Waals surface area contributed by atoms with E-state index >= 15 is 0 Å². The lowest BCUT2D eigenvalue weighted by Gasteiger charge is -2.28. The van der Waals surface area contributed by atoms with Crippen LogP contribution >= 0.6 is 0 Å². The van der Waals surface area contributed by atoms with Crippen LogP contribution in [0.5, 0.6) is 0 Å². The van der Waals surface area contributed by atoms with E-state index in [1.807, 2.05) is 20.8 Å². The Labute approximate surface area is 113 Å². The fourth-order valence-corrected chi connectivity index (χ4v) is 3.15. The summed E-state index contributed by atoms with van der Waals surface area (Å²) in [4.78, 5) is 25.1. The highest BCUT2D eigenvalue weighted by molar-refractivity contribution is 5.72. The second-order valence-electron chi connectivity index (χ2n) is 6.77. The molecule has 2 saturated heterocycles. The van der Waals surface area contributed by atoms with Crippen molar-refractivity contribution in [3.63, 3.8) is 0 Å². The number of carbonyl (C=O) groups is 2. The first-order valence-electron chi connectivity index (χ1n) is 6.97. The number of amides is 1. The number of carbonyl (C=O) groups excluding carboxylic acids is 1. The molecule has 19 heavy (non-hydrogen) atoms. The van der Waals surface area contributed by atoms with Gasteiger partial charge in [0.05, 0.1) is 5.92 Å². The molecule has 2 heterocycles. The van der Waals surface area contributed by atoms with E-state index in [1.165, 1.54) is 0 Å². The van der Waals surface area contributed by atoms with E-state index in [1.54, 1.807) is 4.90 Å². The monoisotopic (exact) mass is 269 g/mol. The average Bonchev–Trinajstić information content (AvgIpc) is 2.57. The van der Waals surface area contributed by atoms with Gasteiger partial charge in [-0.2, -0.15) is 0 Å². The van der Waals surface area contributed by atoms with Crippen molar-refractivity contribution >= 4 is 12.1 Å². The van der Waals surface area contributed by atoms with Gasteiger partial charge in [0.15, 0.2) is 0 Å². The van der Waals surface area contributed by atoms with Crippen LogP contribution in [0.15, 0.2) is 0 Å². The van der Waals surface area contributed by atoms with E-state index in [2.05, 4.69) is 0 Å². The van der Waals surface area contributed by atoms with Gasteiger partial charge in [0.25, 0.3) is 0 Å². The standard InChI is InChI=1S/C14H23NO4/c1-14(2,3)19-13(18)15-7-9-4-5-10(8-15)11(6-9)12(16)17/h9-11H,4-8H2,1-3H3,(H,16,17). The van der Waals surface area contributed by atoms with E-state index in [0.29, 0.717) is 25.4 Å². The summed E-state index contributed by atoms with van der Waals surface area (Å²) in [6.45, 7) is 6.68. The molecule has 0 spiro atoms. The van der Waals surface area contributed by atoms with Crippen LogP contribution in [0, 0.1) is 17.8 Å². The first-order valence-corrected chi connectivity index (χ1v) is 6.97. The molecule has 3 rings (SSSR count). The van der Waals surface area contributed by atoms with Gasteiger partial charge in [-0.15, -0.1) is 0 Å². The highest BCUT2D eigenvalue weighted by Gasteiger charge is 2.41. The van der Waals surface area contributed by atoms with Gasteiger partial charge in [0, 0.05) is 13.1 Å². The van der Waals surface area contributed by atoms with Crippen molar-refractivity contribution in [3.05, 3.63) is 0 Å². The zero-order valence-electron chi connectivity index (χ0n) is 11.9. The number of ether oxygens (including phenoxy) is 1. The van der Waals surface area contributed by atoms with Crippen molar-refractivity contribution in [3.8, 4) is 0 Å². The molecule has 1 aliphatic carbocycles. The van der Waals surface area contributed by atoms with Crippen molar-refractivity contribution in [2.24, 2.45) is 17.8 Å². The average molecular weight is 269 g/mol. The summed E-state index contributed by atoms with van der Waals surface area (Å²) < 4.78 is 5.39. The Balaban J connectivity index is 2.06. The van der Waals surface area contributed by atoms with Crippen LogP contribution in [0.1, 0.15) is 40.0 Å². The Bertz CT molecular complexity index is 374. The Hall–Kier alpha value is -1.26. The number of carboxylic acids is 1. The minimum absolute atomic E-state index is 0.0729. The largest absolute Gasteiger partial charge is 0.481 e. The second kappa shape index (κ2) is 5.02. The van der Waals surface area contributed by atoms with Gasteiger partial charge in [0.2, 0.25) is 0 Å². The number of fused-ring (bicyclic) bond motifs is 4. The Morgan fingerprint density at radius 1 is 1.21 bits per heavy atom. The number of carboxylic acid groups (broad SMARTS) is 1. The van der Waals surface area contributed by atoms with E-state index < -0.39 is 11.6 Å². The van der Waals surface area contributed by atoms with Crippen LogP contribution in [0.3, 0.4) is 0 Å². The maximum Gasteiger partial charge on any atom is 0.410 e. The third-order valence-electron chi connectivity index (χ3n) is 4.00. The van der Waals surface area contributed by atoms with Crippen LogP contribution in [0.4, 0.5) is 4.79 Å². The third-order valence-corrected chi connectivity index (χ3v) is 4.00. The normalized spacial score (nSPS) is 30.9. The van der Waals surface area contributed by atoms with Crippen LogP contribution in [0.25, 0.3) is 0 Å². The third kappa shape index (κ3) is 3.39. The van der Waals surface area contributed by atoms with E-state index in [0.717, 1.165) is 12.8 Å². The molecule has 1 amide bonds. The molecule has 108 valence electrons. The quantitative estimate of drug-likeness (QED) is 0.793. The molecule has 2 bridgehead atoms. The van der Waals surface area contributed by atoms with Gasteiger partial charge >= 0.3 is 12.1 Å². The first kappa shape index (κ1) is 14.2. The van der Waals surface area contributed by atoms with Crippen molar-refractivity contribution in [1.82, 2.24) is 4.90 Å². The van der Waals surface area contributed by atoms with Crippen molar-refractivity contribution < 1.29 is 19.4 Å². The summed E-state index contributed by atoms with van der Waals surface area (Å²) in [5.41, 5.74) is -0.505. The number of rotatable bonds is 1. The fraction of sp³-hybridized carbons (Fsp3) is 0.857. The highest BCUT2D eigenvalue weighted by Crippen LogP contribution is 2.38. The summed E-state index contributed by atoms with van der Waals surface area (Å²) in [6, 6.07) is 0. The fourth-order valence-electron chi connectivity index (χ4n) is 3.15. The molecule has 1 N–H and O–H groups in total. The molecule has 3 aliphatic rings. The van der Waals surface area contributed by atoms with Crippen LogP contribution < -0.4 is 0 Å². The predicted molar refractivity (Wildman–Crippen MR) is 69.8 cm³/mol. The Kier molecular flexibility index (Phi) is 3.74. The van der Waals surface area contributed by atoms with Crippen LogP contribution in [-0.4, -0.2) is 40.8 Å². The zero-order valence-corrected chi connectivity index (χ0v) is 11.9. The molecule has 0 aromatic heterocycles. The van der Waals surface area contributed by atoms with Crippen LogP contribution in [-0.2, 0) is 9.53 Å². The van der Waals surface area contributed by atoms with Gasteiger partial charge in [-0.05, 0) is 51.9 Å². The topological polar surface area (TPSA) is 66.8 Å². The molecule has 3 fully saturated rings. The smallest absolute Gasteiger partial charge is 0.410 e. The van der Waals surface area contributed by atoms with E-state index in [9.17, 15) is 14.7 Å². The summed E-state index contributed by atoms with van der Waals surface area (Å²) in [6.07, 6.45) is 2.31. The van der Waals surface area contributed by atoms with Crippen molar-refractivity contribution in [2.45, 2.75) is 45.6 Å². The summed E-state index contributed by atoms with van der Waals surface area (Å²) in [5.74, 6) is -0.650. The minimum Gasteiger partial charge on any atom is -0.481 e. The molecular formula is C14H23NO4. The van der Waals surface area contributed by atoms with Gasteiger partial charge in [-0.1, -0.05) is 0 Å². The van der Waals surface area contributed by atoms with Gasteiger partial charge in [-0.25, -0.2) is 4.79 Å². The minimum atomic E-state index is -0.722. The predicted octanol–water partition coefficient (Wildman–Crippen LogP) is 2.35. The molecule has 5 heteroatoms. The van der Waals surface area contributed by atoms with E-state index in [-0.39, 0.29) is 17.9 Å². The van der Waals surface area contributed by atoms with Crippen LogP contribution in [0.2, 0.25) is 0 Å². The molecule has 2 aliphatic heterocycles. The highest BCUT2D eigenvalue weighted by atomic mass is 16.6. The Morgan fingerprint density at radius 3 is 2.47 bits per heavy atom. The molecule has 5 nitrogen and oxygen atoms in total. The summed E-state index contributed by atoms with van der Waals surface area (Å²) in [7, 11) is 0. The van der Waals surface area contributed by atoms with E-state index in [4.69, 9.17) is 4.74 Å².